The number of hydrogen-bond donors (Lipinski definition) is 3. The van der Waals surface area contributed by atoms with Gasteiger partial charge in [-0.3, -0.25) is 19.1 Å². The Balaban J connectivity index is 1.72. The number of hydrogen-bond acceptors (Lipinski definition) is 5. The highest BCUT2D eigenvalue weighted by Gasteiger charge is 2.16. The van der Waals surface area contributed by atoms with Crippen molar-refractivity contribution in [3.05, 3.63) is 51.7 Å². The summed E-state index contributed by atoms with van der Waals surface area (Å²) >= 11 is 0. The highest BCUT2D eigenvalue weighted by atomic mass is 16.2. The van der Waals surface area contributed by atoms with Crippen LogP contribution in [0.3, 0.4) is 0 Å². The van der Waals surface area contributed by atoms with Gasteiger partial charge in [-0.25, -0.2) is 5.10 Å². The Morgan fingerprint density at radius 1 is 1.19 bits per heavy atom. The second kappa shape index (κ2) is 6.79. The zero-order valence-corrected chi connectivity index (χ0v) is 14.6. The fourth-order valence-corrected chi connectivity index (χ4v) is 2.67. The number of fused-ring (bicyclic) bond motifs is 1. The normalized spacial score (nSPS) is 10.7. The molecule has 0 saturated carbocycles. The number of carbonyl (C=O) groups is 2. The van der Waals surface area contributed by atoms with E-state index in [0.717, 1.165) is 5.69 Å². The predicted octanol–water partition coefficient (Wildman–Crippen LogP) is 0.642. The first kappa shape index (κ1) is 17.3. The molecule has 0 aliphatic carbocycles. The van der Waals surface area contributed by atoms with Crippen molar-refractivity contribution < 1.29 is 9.59 Å². The Hall–Kier alpha value is -3.49. The third-order valence-corrected chi connectivity index (χ3v) is 4.09. The molecule has 1 aromatic carbocycles. The van der Waals surface area contributed by atoms with E-state index < -0.39 is 5.91 Å². The molecule has 9 heteroatoms. The average molecular weight is 354 g/mol. The fourth-order valence-electron chi connectivity index (χ4n) is 2.67. The molecule has 0 aliphatic heterocycles. The molecular weight excluding hydrogens is 336 g/mol. The fraction of sp³-hybridized carbons (Fsp3) is 0.235. The van der Waals surface area contributed by atoms with Crippen molar-refractivity contribution in [1.82, 2.24) is 25.3 Å². The standard InChI is InChI=1S/C17H18N6O3/c1-9-14(10(2)23(3)22-9)19-13(24)8-18-17(26)15-11-6-4-5-7-12(11)16(25)21-20-15/h4-7H,8H2,1-3H3,(H,18,26)(H,19,24)(H,21,25). The van der Waals surface area contributed by atoms with Gasteiger partial charge in [-0.15, -0.1) is 0 Å². The summed E-state index contributed by atoms with van der Waals surface area (Å²) in [6.45, 7) is 3.39. The van der Waals surface area contributed by atoms with Crippen LogP contribution in [0, 0.1) is 13.8 Å². The lowest BCUT2D eigenvalue weighted by molar-refractivity contribution is -0.115. The predicted molar refractivity (Wildman–Crippen MR) is 96.0 cm³/mol. The van der Waals surface area contributed by atoms with Crippen LogP contribution in [0.5, 0.6) is 0 Å². The van der Waals surface area contributed by atoms with Gasteiger partial charge < -0.3 is 10.6 Å². The molecule has 2 heterocycles. The number of carbonyl (C=O) groups excluding carboxylic acids is 2. The Kier molecular flexibility index (Phi) is 4.53. The Morgan fingerprint density at radius 3 is 2.54 bits per heavy atom. The number of nitrogens with zero attached hydrogens (tertiary/aromatic N) is 3. The van der Waals surface area contributed by atoms with E-state index >= 15 is 0 Å². The SMILES string of the molecule is Cc1nn(C)c(C)c1NC(=O)CNC(=O)c1n[nH]c(=O)c2ccccc12. The summed E-state index contributed by atoms with van der Waals surface area (Å²) in [6, 6.07) is 6.65. The first-order valence-electron chi connectivity index (χ1n) is 7.94. The number of rotatable bonds is 4. The minimum Gasteiger partial charge on any atom is -0.342 e. The Bertz CT molecular complexity index is 1070. The number of aryl methyl sites for hydroxylation is 2. The Morgan fingerprint density at radius 2 is 1.88 bits per heavy atom. The number of H-pyrrole nitrogens is 1. The lowest BCUT2D eigenvalue weighted by atomic mass is 10.1. The van der Waals surface area contributed by atoms with Crippen molar-refractivity contribution in [2.45, 2.75) is 13.8 Å². The molecule has 2 amide bonds. The first-order chi connectivity index (χ1) is 12.4. The summed E-state index contributed by atoms with van der Waals surface area (Å²) in [6.07, 6.45) is 0. The van der Waals surface area contributed by atoms with E-state index in [-0.39, 0.29) is 23.7 Å². The van der Waals surface area contributed by atoms with Crippen molar-refractivity contribution in [3.63, 3.8) is 0 Å². The van der Waals surface area contributed by atoms with Crippen LogP contribution in [0.1, 0.15) is 21.9 Å². The van der Waals surface area contributed by atoms with Gasteiger partial charge in [-0.1, -0.05) is 18.2 Å². The molecule has 134 valence electrons. The number of aromatic nitrogens is 4. The van der Waals surface area contributed by atoms with Gasteiger partial charge in [0.1, 0.15) is 0 Å². The zero-order valence-electron chi connectivity index (χ0n) is 14.6. The highest BCUT2D eigenvalue weighted by molar-refractivity contribution is 6.06. The van der Waals surface area contributed by atoms with Crippen LogP contribution >= 0.6 is 0 Å². The summed E-state index contributed by atoms with van der Waals surface area (Å²) in [5, 5.41) is 16.4. The van der Waals surface area contributed by atoms with Gasteiger partial charge in [0, 0.05) is 12.4 Å². The molecule has 0 radical (unpaired) electrons. The molecule has 0 unspecified atom stereocenters. The molecule has 2 aromatic heterocycles. The van der Waals surface area contributed by atoms with Gasteiger partial charge in [0.15, 0.2) is 5.69 Å². The monoisotopic (exact) mass is 354 g/mol. The van der Waals surface area contributed by atoms with Crippen molar-refractivity contribution >= 4 is 28.3 Å². The average Bonchev–Trinajstić information content (AvgIpc) is 2.86. The molecule has 3 N–H and O–H groups in total. The maximum atomic E-state index is 12.4. The van der Waals surface area contributed by atoms with Gasteiger partial charge in [0.2, 0.25) is 5.91 Å². The smallest absolute Gasteiger partial charge is 0.272 e. The van der Waals surface area contributed by atoms with Crippen molar-refractivity contribution in [1.29, 1.82) is 0 Å². The molecule has 0 bridgehead atoms. The van der Waals surface area contributed by atoms with Crippen LogP contribution in [-0.4, -0.2) is 38.3 Å². The van der Waals surface area contributed by atoms with Crippen LogP contribution in [0.2, 0.25) is 0 Å². The number of amides is 2. The van der Waals surface area contributed by atoms with Crippen LogP contribution in [0.4, 0.5) is 5.69 Å². The molecule has 0 fully saturated rings. The van der Waals surface area contributed by atoms with E-state index in [1.807, 2.05) is 6.92 Å². The van der Waals surface area contributed by atoms with Crippen molar-refractivity contribution in [2.75, 3.05) is 11.9 Å². The number of aromatic amines is 1. The highest BCUT2D eigenvalue weighted by Crippen LogP contribution is 2.18. The van der Waals surface area contributed by atoms with Crippen molar-refractivity contribution in [3.8, 4) is 0 Å². The molecule has 26 heavy (non-hydrogen) atoms. The molecule has 9 nitrogen and oxygen atoms in total. The van der Waals surface area contributed by atoms with E-state index in [9.17, 15) is 14.4 Å². The van der Waals surface area contributed by atoms with Crippen molar-refractivity contribution in [2.24, 2.45) is 7.05 Å². The number of benzene rings is 1. The maximum Gasteiger partial charge on any atom is 0.272 e. The van der Waals surface area contributed by atoms with Gasteiger partial charge in [0.25, 0.3) is 11.5 Å². The number of anilines is 1. The summed E-state index contributed by atoms with van der Waals surface area (Å²) in [5.41, 5.74) is 1.81. The second-order valence-corrected chi connectivity index (χ2v) is 5.85. The quantitative estimate of drug-likeness (QED) is 0.635. The lowest BCUT2D eigenvalue weighted by Crippen LogP contribution is -2.34. The second-order valence-electron chi connectivity index (χ2n) is 5.85. The van der Waals surface area contributed by atoms with Crippen LogP contribution in [0.15, 0.2) is 29.1 Å². The molecule has 0 atom stereocenters. The topological polar surface area (TPSA) is 122 Å². The van der Waals surface area contributed by atoms with E-state index in [1.54, 1.807) is 42.9 Å². The first-order valence-corrected chi connectivity index (χ1v) is 7.94. The summed E-state index contributed by atoms with van der Waals surface area (Å²) in [5.74, 6) is -0.932. The molecule has 0 spiro atoms. The Labute approximate surface area is 148 Å². The maximum absolute atomic E-state index is 12.4. The zero-order chi connectivity index (χ0) is 18.8. The van der Waals surface area contributed by atoms with E-state index in [4.69, 9.17) is 0 Å². The third kappa shape index (κ3) is 3.18. The minimum atomic E-state index is -0.549. The molecule has 0 aliphatic rings. The largest absolute Gasteiger partial charge is 0.342 e. The minimum absolute atomic E-state index is 0.0572. The summed E-state index contributed by atoms with van der Waals surface area (Å²) in [4.78, 5) is 36.3. The van der Waals surface area contributed by atoms with Crippen LogP contribution in [-0.2, 0) is 11.8 Å². The van der Waals surface area contributed by atoms with E-state index in [0.29, 0.717) is 22.2 Å². The van der Waals surface area contributed by atoms with Crippen LogP contribution < -0.4 is 16.2 Å². The van der Waals surface area contributed by atoms with Gasteiger partial charge >= 0.3 is 0 Å². The van der Waals surface area contributed by atoms with Crippen LogP contribution in [0.25, 0.3) is 10.8 Å². The molecule has 3 aromatic rings. The number of nitrogens with one attached hydrogen (secondary N) is 3. The van der Waals surface area contributed by atoms with E-state index in [1.165, 1.54) is 0 Å². The van der Waals surface area contributed by atoms with Gasteiger partial charge in [-0.05, 0) is 19.9 Å². The molecular formula is C17H18N6O3. The third-order valence-electron chi connectivity index (χ3n) is 4.09. The lowest BCUT2D eigenvalue weighted by Gasteiger charge is -2.08. The molecule has 0 saturated heterocycles. The van der Waals surface area contributed by atoms with Gasteiger partial charge in [-0.2, -0.15) is 10.2 Å². The van der Waals surface area contributed by atoms with E-state index in [2.05, 4.69) is 25.9 Å². The molecule has 3 rings (SSSR count). The summed E-state index contributed by atoms with van der Waals surface area (Å²) < 4.78 is 1.67. The summed E-state index contributed by atoms with van der Waals surface area (Å²) in [7, 11) is 1.78. The van der Waals surface area contributed by atoms with Gasteiger partial charge in [0.05, 0.1) is 29.0 Å².